The molecule has 4 aromatic rings. The highest BCUT2D eigenvalue weighted by Crippen LogP contribution is 2.23. The molecule has 0 spiro atoms. The van der Waals surface area contributed by atoms with Crippen LogP contribution in [0.3, 0.4) is 0 Å². The monoisotopic (exact) mass is 918 g/mol. The molecule has 0 aromatic heterocycles. The zero-order valence-corrected chi connectivity index (χ0v) is 38.6. The summed E-state index contributed by atoms with van der Waals surface area (Å²) in [5.74, 6) is -1.50. The van der Waals surface area contributed by atoms with Gasteiger partial charge >= 0.3 is 23.9 Å². The van der Waals surface area contributed by atoms with E-state index in [1.165, 1.54) is 0 Å². The maximum Gasteiger partial charge on any atom is 0.330 e. The topological polar surface area (TPSA) is 164 Å². The molecule has 4 aromatic carbocycles. The highest BCUT2D eigenvalue weighted by Gasteiger charge is 2.38. The SMILES string of the molecule is C=CC(=O)OCC(COC(=O)C=C)(COC(=O)CCN(CC)CCCOc1ccc(C(=O)c2ccccc2)cc1)COC(=O)CCN(CC)CCCOc1ccc(C(=O)c2ccccc2)cc1. The van der Waals surface area contributed by atoms with E-state index in [4.69, 9.17) is 28.4 Å². The van der Waals surface area contributed by atoms with E-state index in [1.807, 2.05) is 50.2 Å². The lowest BCUT2D eigenvalue weighted by atomic mass is 9.92. The standard InChI is InChI=1S/C53H62N2O12/c1-5-47(56)64-37-53(38-65-48(57)6-2,39-66-49(58)29-33-54(7-3)31-15-35-62-45-25-21-43(22-26-45)51(60)41-17-11-9-12-18-41)40-67-50(59)30-34-55(8-4)32-16-36-63-46-27-23-44(24-28-46)52(61)42-19-13-10-14-20-42/h5-6,9-14,17-28H,1-2,7-8,15-16,29-40H2,3-4H3. The van der Waals surface area contributed by atoms with Gasteiger partial charge in [-0.2, -0.15) is 0 Å². The fraction of sp³-hybridized carbons (Fsp3) is 0.358. The molecule has 0 amide bonds. The van der Waals surface area contributed by atoms with E-state index in [2.05, 4.69) is 23.0 Å². The van der Waals surface area contributed by atoms with Crippen molar-refractivity contribution in [2.24, 2.45) is 5.41 Å². The van der Waals surface area contributed by atoms with Gasteiger partial charge in [0.15, 0.2) is 11.6 Å². The second-order valence-electron chi connectivity index (χ2n) is 15.7. The molecule has 0 radical (unpaired) electrons. The second kappa shape index (κ2) is 28.9. The van der Waals surface area contributed by atoms with Crippen LogP contribution in [0.5, 0.6) is 11.5 Å². The first-order valence-corrected chi connectivity index (χ1v) is 22.5. The summed E-state index contributed by atoms with van der Waals surface area (Å²) < 4.78 is 33.8. The second-order valence-corrected chi connectivity index (χ2v) is 15.7. The van der Waals surface area contributed by atoms with Gasteiger partial charge in [0.05, 0.1) is 26.1 Å². The molecule has 14 heteroatoms. The van der Waals surface area contributed by atoms with Crippen LogP contribution in [0.15, 0.2) is 135 Å². The van der Waals surface area contributed by atoms with Crippen molar-refractivity contribution in [3.63, 3.8) is 0 Å². The van der Waals surface area contributed by atoms with Gasteiger partial charge in [0.2, 0.25) is 0 Å². The van der Waals surface area contributed by atoms with Crippen LogP contribution in [0.1, 0.15) is 71.4 Å². The van der Waals surface area contributed by atoms with E-state index in [0.717, 1.165) is 12.2 Å². The van der Waals surface area contributed by atoms with Gasteiger partial charge in [-0.05, 0) is 74.5 Å². The Morgan fingerprint density at radius 1 is 0.478 bits per heavy atom. The van der Waals surface area contributed by atoms with Gasteiger partial charge in [0.25, 0.3) is 0 Å². The Labute approximate surface area is 393 Å². The molecule has 0 aliphatic heterocycles. The van der Waals surface area contributed by atoms with E-state index < -0.39 is 55.7 Å². The Balaban J connectivity index is 1.22. The summed E-state index contributed by atoms with van der Waals surface area (Å²) in [6.07, 6.45) is 3.32. The molecule has 0 atom stereocenters. The van der Waals surface area contributed by atoms with Crippen LogP contribution in [-0.4, -0.2) is 124 Å². The summed E-state index contributed by atoms with van der Waals surface area (Å²) in [5, 5.41) is 0. The van der Waals surface area contributed by atoms with Crippen molar-refractivity contribution in [3.05, 3.63) is 157 Å². The first-order valence-electron chi connectivity index (χ1n) is 22.5. The first kappa shape index (κ1) is 52.7. The lowest BCUT2D eigenvalue weighted by molar-refractivity contribution is -0.168. The highest BCUT2D eigenvalue weighted by atomic mass is 16.6. The molecule has 356 valence electrons. The molecule has 0 saturated heterocycles. The van der Waals surface area contributed by atoms with Gasteiger partial charge in [-0.15, -0.1) is 0 Å². The molecule has 0 aliphatic rings. The smallest absolute Gasteiger partial charge is 0.330 e. The predicted molar refractivity (Wildman–Crippen MR) is 253 cm³/mol. The molecule has 0 saturated carbocycles. The van der Waals surface area contributed by atoms with Crippen LogP contribution >= 0.6 is 0 Å². The van der Waals surface area contributed by atoms with Gasteiger partial charge in [0, 0.05) is 60.6 Å². The zero-order chi connectivity index (χ0) is 48.3. The largest absolute Gasteiger partial charge is 0.494 e. The van der Waals surface area contributed by atoms with Crippen molar-refractivity contribution < 1.29 is 57.2 Å². The first-order chi connectivity index (χ1) is 32.5. The number of benzene rings is 4. The number of ketones is 2. The highest BCUT2D eigenvalue weighted by molar-refractivity contribution is 6.09. The number of carbonyl (C=O) groups excluding carboxylic acids is 6. The molecule has 4 rings (SSSR count). The Morgan fingerprint density at radius 3 is 1.16 bits per heavy atom. The van der Waals surface area contributed by atoms with Crippen molar-refractivity contribution in [1.82, 2.24) is 9.80 Å². The number of rotatable bonds is 32. The summed E-state index contributed by atoms with van der Waals surface area (Å²) in [4.78, 5) is 80.1. The summed E-state index contributed by atoms with van der Waals surface area (Å²) in [5.41, 5.74) is 0.933. The van der Waals surface area contributed by atoms with Crippen LogP contribution in [-0.2, 0) is 38.1 Å². The minimum Gasteiger partial charge on any atom is -0.494 e. The number of hydrogen-bond donors (Lipinski definition) is 0. The van der Waals surface area contributed by atoms with Gasteiger partial charge in [0.1, 0.15) is 43.3 Å². The van der Waals surface area contributed by atoms with Crippen LogP contribution in [0, 0.1) is 5.41 Å². The summed E-state index contributed by atoms with van der Waals surface area (Å²) >= 11 is 0. The minimum absolute atomic E-state index is 0.0281. The molecular formula is C53H62N2O12. The minimum atomic E-state index is -1.44. The van der Waals surface area contributed by atoms with Gasteiger partial charge in [-0.25, -0.2) is 9.59 Å². The fourth-order valence-electron chi connectivity index (χ4n) is 6.66. The lowest BCUT2D eigenvalue weighted by Gasteiger charge is -2.31. The molecule has 0 bridgehead atoms. The third-order valence-electron chi connectivity index (χ3n) is 10.7. The summed E-state index contributed by atoms with van der Waals surface area (Å²) in [6, 6.07) is 32.1. The lowest BCUT2D eigenvalue weighted by Crippen LogP contribution is -2.44. The quantitative estimate of drug-likeness (QED) is 0.0157. The van der Waals surface area contributed by atoms with Crippen LogP contribution in [0.2, 0.25) is 0 Å². The van der Waals surface area contributed by atoms with Crippen LogP contribution in [0.4, 0.5) is 0 Å². The molecule has 0 fully saturated rings. The normalized spacial score (nSPS) is 11.0. The maximum atomic E-state index is 13.1. The van der Waals surface area contributed by atoms with Crippen molar-refractivity contribution in [3.8, 4) is 11.5 Å². The Bertz CT molecular complexity index is 2040. The maximum absolute atomic E-state index is 13.1. The summed E-state index contributed by atoms with van der Waals surface area (Å²) in [7, 11) is 0. The van der Waals surface area contributed by atoms with Crippen molar-refractivity contribution in [1.29, 1.82) is 0 Å². The molecule has 0 heterocycles. The van der Waals surface area contributed by atoms with E-state index in [9.17, 15) is 28.8 Å². The van der Waals surface area contributed by atoms with Crippen LogP contribution < -0.4 is 9.47 Å². The number of ether oxygens (including phenoxy) is 6. The van der Waals surface area contributed by atoms with Gasteiger partial charge in [-0.3, -0.25) is 19.2 Å². The van der Waals surface area contributed by atoms with E-state index in [-0.39, 0.29) is 24.4 Å². The van der Waals surface area contributed by atoms with Crippen molar-refractivity contribution >= 4 is 35.4 Å². The average Bonchev–Trinajstić information content (AvgIpc) is 3.37. The molecule has 67 heavy (non-hydrogen) atoms. The van der Waals surface area contributed by atoms with Crippen molar-refractivity contribution in [2.75, 3.05) is 78.9 Å². The van der Waals surface area contributed by atoms with E-state index in [1.54, 1.807) is 72.8 Å². The van der Waals surface area contributed by atoms with Gasteiger partial charge in [-0.1, -0.05) is 87.7 Å². The van der Waals surface area contributed by atoms with E-state index >= 15 is 0 Å². The summed E-state index contributed by atoms with van der Waals surface area (Å²) in [6.45, 7) is 13.4. The Hall–Kier alpha value is -6.90. The third kappa shape index (κ3) is 18.9. The number of carbonyl (C=O) groups is 6. The van der Waals surface area contributed by atoms with E-state index in [0.29, 0.717) is 99.1 Å². The molecular weight excluding hydrogens is 857 g/mol. The predicted octanol–water partition coefficient (Wildman–Crippen LogP) is 7.34. The third-order valence-corrected chi connectivity index (χ3v) is 10.7. The Morgan fingerprint density at radius 2 is 0.821 bits per heavy atom. The molecule has 0 unspecified atom stereocenters. The molecule has 0 N–H and O–H groups in total. The number of hydrogen-bond acceptors (Lipinski definition) is 14. The van der Waals surface area contributed by atoms with Gasteiger partial charge < -0.3 is 38.2 Å². The Kier molecular flexibility index (Phi) is 22.7. The van der Waals surface area contributed by atoms with Crippen LogP contribution in [0.25, 0.3) is 0 Å². The molecule has 14 nitrogen and oxygen atoms in total. The number of esters is 4. The average molecular weight is 919 g/mol. The molecule has 0 aliphatic carbocycles. The zero-order valence-electron chi connectivity index (χ0n) is 38.6. The fourth-order valence-corrected chi connectivity index (χ4v) is 6.66. The van der Waals surface area contributed by atoms with Crippen molar-refractivity contribution in [2.45, 2.75) is 39.5 Å². The number of nitrogens with zero attached hydrogens (tertiary/aromatic N) is 2.